The molecule has 4 nitrogen and oxygen atoms in total. The number of ether oxygens (including phenoxy) is 1. The number of para-hydroxylation sites is 1. The fourth-order valence-corrected chi connectivity index (χ4v) is 4.38. The molecule has 0 saturated carbocycles. The molecule has 0 aliphatic carbocycles. The first-order chi connectivity index (χ1) is 13.7. The van der Waals surface area contributed by atoms with Crippen molar-refractivity contribution in [3.05, 3.63) is 54.6 Å². The minimum Gasteiger partial charge on any atom is -0.497 e. The molecule has 1 saturated heterocycles. The van der Waals surface area contributed by atoms with Crippen LogP contribution in [0, 0.1) is 0 Å². The zero-order chi connectivity index (χ0) is 19.5. The second-order valence-corrected chi connectivity index (χ2v) is 7.92. The zero-order valence-electron chi connectivity index (χ0n) is 16.8. The fraction of sp³-hybridized carbons (Fsp3) is 0.417. The molecule has 0 spiro atoms. The van der Waals surface area contributed by atoms with Crippen LogP contribution in [0.15, 0.2) is 54.6 Å². The highest BCUT2D eigenvalue weighted by molar-refractivity contribution is 5.87. The molecule has 1 N–H and O–H groups in total. The number of β-amino-alcohol motifs (C(OH)–C–C–N with tert-alkyl or cyclic N) is 1. The number of fused-ring (bicyclic) bond motifs is 1. The summed E-state index contributed by atoms with van der Waals surface area (Å²) in [4.78, 5) is 2.44. The second-order valence-electron chi connectivity index (χ2n) is 7.92. The van der Waals surface area contributed by atoms with Crippen molar-refractivity contribution in [2.24, 2.45) is 0 Å². The molecule has 1 aromatic heterocycles. The van der Waals surface area contributed by atoms with Crippen molar-refractivity contribution >= 4 is 10.9 Å². The van der Waals surface area contributed by atoms with E-state index in [2.05, 4.69) is 58.9 Å². The normalized spacial score (nSPS) is 19.0. The molecule has 0 bridgehead atoms. The Bertz CT molecular complexity index is 916. The molecule has 148 valence electrons. The fourth-order valence-electron chi connectivity index (χ4n) is 4.38. The van der Waals surface area contributed by atoms with Gasteiger partial charge in [-0.3, -0.25) is 4.90 Å². The Hall–Kier alpha value is -2.30. The summed E-state index contributed by atoms with van der Waals surface area (Å²) in [7, 11) is 1.68. The Morgan fingerprint density at radius 3 is 2.61 bits per heavy atom. The second kappa shape index (κ2) is 8.38. The minimum atomic E-state index is -0.395. The molecule has 3 aromatic rings. The first kappa shape index (κ1) is 19.0. The Labute approximate surface area is 167 Å². The van der Waals surface area contributed by atoms with Gasteiger partial charge in [0.05, 0.1) is 19.8 Å². The summed E-state index contributed by atoms with van der Waals surface area (Å²) in [6.45, 7) is 4.70. The summed E-state index contributed by atoms with van der Waals surface area (Å²) in [6.07, 6.45) is 3.38. The molecule has 0 unspecified atom stereocenters. The molecule has 28 heavy (non-hydrogen) atoms. The van der Waals surface area contributed by atoms with E-state index >= 15 is 0 Å². The summed E-state index contributed by atoms with van der Waals surface area (Å²) < 4.78 is 7.56. The van der Waals surface area contributed by atoms with E-state index in [1.165, 1.54) is 30.2 Å². The van der Waals surface area contributed by atoms with Gasteiger partial charge in [-0.25, -0.2) is 0 Å². The Kier molecular flexibility index (Phi) is 5.69. The lowest BCUT2D eigenvalue weighted by Gasteiger charge is -2.34. The summed E-state index contributed by atoms with van der Waals surface area (Å²) in [5.41, 5.74) is 3.43. The molecule has 1 fully saturated rings. The quantitative estimate of drug-likeness (QED) is 0.684. The number of aliphatic hydroxyl groups excluding tert-OH is 1. The van der Waals surface area contributed by atoms with Crippen molar-refractivity contribution in [1.82, 2.24) is 9.47 Å². The highest BCUT2D eigenvalue weighted by Gasteiger charge is 2.22. The maximum absolute atomic E-state index is 10.9. The molecule has 0 radical (unpaired) electrons. The van der Waals surface area contributed by atoms with Gasteiger partial charge >= 0.3 is 0 Å². The summed E-state index contributed by atoms with van der Waals surface area (Å²) in [5, 5.41) is 12.1. The van der Waals surface area contributed by atoms with Gasteiger partial charge in [0.15, 0.2) is 0 Å². The van der Waals surface area contributed by atoms with Crippen molar-refractivity contribution in [3.8, 4) is 17.0 Å². The van der Waals surface area contributed by atoms with Crippen LogP contribution in [0.2, 0.25) is 0 Å². The number of rotatable bonds is 6. The van der Waals surface area contributed by atoms with Crippen LogP contribution in [0.4, 0.5) is 0 Å². The number of likely N-dealkylation sites (tertiary alicyclic amines) is 1. The maximum Gasteiger partial charge on any atom is 0.118 e. The molecule has 2 heterocycles. The van der Waals surface area contributed by atoms with Crippen LogP contribution in [0.5, 0.6) is 5.75 Å². The van der Waals surface area contributed by atoms with E-state index in [0.29, 0.717) is 12.6 Å². The zero-order valence-corrected chi connectivity index (χ0v) is 16.8. The minimum absolute atomic E-state index is 0.395. The van der Waals surface area contributed by atoms with E-state index in [9.17, 15) is 5.11 Å². The summed E-state index contributed by atoms with van der Waals surface area (Å²) in [5.74, 6) is 0.852. The number of hydrogen-bond donors (Lipinski definition) is 1. The van der Waals surface area contributed by atoms with Crippen molar-refractivity contribution < 1.29 is 9.84 Å². The summed E-state index contributed by atoms with van der Waals surface area (Å²) >= 11 is 0. The first-order valence-electron chi connectivity index (χ1n) is 10.3. The van der Waals surface area contributed by atoms with E-state index in [0.717, 1.165) is 30.1 Å². The van der Waals surface area contributed by atoms with Crippen molar-refractivity contribution in [3.63, 3.8) is 0 Å². The van der Waals surface area contributed by atoms with E-state index < -0.39 is 6.10 Å². The van der Waals surface area contributed by atoms with Crippen molar-refractivity contribution in [2.75, 3.05) is 20.2 Å². The van der Waals surface area contributed by atoms with E-state index in [-0.39, 0.29) is 0 Å². The largest absolute Gasteiger partial charge is 0.497 e. The number of methoxy groups -OCH3 is 1. The maximum atomic E-state index is 10.9. The van der Waals surface area contributed by atoms with Crippen LogP contribution in [0.3, 0.4) is 0 Å². The molecular formula is C24H30N2O2. The van der Waals surface area contributed by atoms with Gasteiger partial charge in [0, 0.05) is 29.2 Å². The molecule has 0 amide bonds. The van der Waals surface area contributed by atoms with Gasteiger partial charge in [-0.1, -0.05) is 24.6 Å². The van der Waals surface area contributed by atoms with Gasteiger partial charge in [0.1, 0.15) is 5.75 Å². The molecule has 2 atom stereocenters. The SMILES string of the molecule is COc1ccc(-c2cc3ccccc3n2C[C@@H](O)CN2CCCC[C@@H]2C)cc1. The van der Waals surface area contributed by atoms with E-state index in [1.807, 2.05) is 12.1 Å². The van der Waals surface area contributed by atoms with Crippen molar-refractivity contribution in [2.45, 2.75) is 44.9 Å². The lowest BCUT2D eigenvalue weighted by molar-refractivity contribution is 0.0647. The van der Waals surface area contributed by atoms with E-state index in [1.54, 1.807) is 7.11 Å². The third-order valence-corrected chi connectivity index (χ3v) is 5.98. The number of benzene rings is 2. The molecule has 1 aliphatic rings. The lowest BCUT2D eigenvalue weighted by Crippen LogP contribution is -2.43. The topological polar surface area (TPSA) is 37.6 Å². The van der Waals surface area contributed by atoms with Crippen LogP contribution < -0.4 is 4.74 Å². The Morgan fingerprint density at radius 2 is 1.86 bits per heavy atom. The number of piperidine rings is 1. The molecule has 4 rings (SSSR count). The van der Waals surface area contributed by atoms with Crippen LogP contribution in [0.25, 0.3) is 22.2 Å². The highest BCUT2D eigenvalue weighted by atomic mass is 16.5. The Morgan fingerprint density at radius 1 is 1.07 bits per heavy atom. The molecular weight excluding hydrogens is 348 g/mol. The molecule has 2 aromatic carbocycles. The number of aliphatic hydroxyl groups is 1. The van der Waals surface area contributed by atoms with Crippen LogP contribution in [-0.2, 0) is 6.54 Å². The van der Waals surface area contributed by atoms with Gasteiger partial charge in [0.2, 0.25) is 0 Å². The van der Waals surface area contributed by atoms with Gasteiger partial charge in [-0.15, -0.1) is 0 Å². The third-order valence-electron chi connectivity index (χ3n) is 5.98. The number of nitrogens with zero attached hydrogens (tertiary/aromatic N) is 2. The predicted molar refractivity (Wildman–Crippen MR) is 115 cm³/mol. The van der Waals surface area contributed by atoms with Gasteiger partial charge < -0.3 is 14.4 Å². The standard InChI is InChI=1S/C24H30N2O2/c1-18-7-5-6-14-25(18)16-21(27)17-26-23-9-4-3-8-20(23)15-24(26)19-10-12-22(28-2)13-11-19/h3-4,8-13,15,18,21,27H,5-7,14,16-17H2,1-2H3/t18-,21-/m0/s1. The third kappa shape index (κ3) is 3.94. The van der Waals surface area contributed by atoms with Gasteiger partial charge in [-0.05, 0) is 68.3 Å². The molecule has 1 aliphatic heterocycles. The molecule has 4 heteroatoms. The summed E-state index contributed by atoms with van der Waals surface area (Å²) in [6, 6.07) is 19.3. The average molecular weight is 379 g/mol. The monoisotopic (exact) mass is 378 g/mol. The number of hydrogen-bond acceptors (Lipinski definition) is 3. The van der Waals surface area contributed by atoms with Crippen LogP contribution >= 0.6 is 0 Å². The average Bonchev–Trinajstić information content (AvgIpc) is 3.08. The number of aromatic nitrogens is 1. The Balaban J connectivity index is 1.62. The smallest absolute Gasteiger partial charge is 0.118 e. The first-order valence-corrected chi connectivity index (χ1v) is 10.3. The van der Waals surface area contributed by atoms with E-state index in [4.69, 9.17) is 4.74 Å². The predicted octanol–water partition coefficient (Wildman–Crippen LogP) is 4.55. The lowest BCUT2D eigenvalue weighted by atomic mass is 10.0. The van der Waals surface area contributed by atoms with Crippen molar-refractivity contribution in [1.29, 1.82) is 0 Å². The van der Waals surface area contributed by atoms with Crippen LogP contribution in [-0.4, -0.2) is 46.9 Å². The van der Waals surface area contributed by atoms with Crippen LogP contribution in [0.1, 0.15) is 26.2 Å². The highest BCUT2D eigenvalue weighted by Crippen LogP contribution is 2.30. The van der Waals surface area contributed by atoms with Gasteiger partial charge in [0.25, 0.3) is 0 Å². The van der Waals surface area contributed by atoms with Gasteiger partial charge in [-0.2, -0.15) is 0 Å².